The van der Waals surface area contributed by atoms with Gasteiger partial charge in [0.1, 0.15) is 12.4 Å². The molecule has 160 valence electrons. The molecule has 3 aromatic rings. The third-order valence-electron chi connectivity index (χ3n) is 6.08. The number of hydrogen-bond acceptors (Lipinski definition) is 4. The molecule has 0 radical (unpaired) electrons. The molecule has 0 saturated carbocycles. The Bertz CT molecular complexity index is 1140. The van der Waals surface area contributed by atoms with Gasteiger partial charge in [0.25, 0.3) is 5.91 Å². The van der Waals surface area contributed by atoms with Crippen molar-refractivity contribution in [3.63, 3.8) is 0 Å². The summed E-state index contributed by atoms with van der Waals surface area (Å²) in [6, 6.07) is 13.8. The molecule has 1 fully saturated rings. The Kier molecular flexibility index (Phi) is 5.49. The minimum Gasteiger partial charge on any atom is -0.492 e. The number of fused-ring (bicyclic) bond motifs is 2. The highest BCUT2D eigenvalue weighted by Gasteiger charge is 2.26. The van der Waals surface area contributed by atoms with E-state index in [1.807, 2.05) is 48.5 Å². The first-order valence-electron chi connectivity index (χ1n) is 11.0. The predicted molar refractivity (Wildman–Crippen MR) is 123 cm³/mol. The summed E-state index contributed by atoms with van der Waals surface area (Å²) in [5.74, 6) is 0.740. The second-order valence-electron chi connectivity index (χ2n) is 8.20. The van der Waals surface area contributed by atoms with Gasteiger partial charge in [0.15, 0.2) is 0 Å². The fourth-order valence-corrected chi connectivity index (χ4v) is 4.55. The van der Waals surface area contributed by atoms with Crippen LogP contribution < -0.4 is 10.1 Å². The van der Waals surface area contributed by atoms with Crippen molar-refractivity contribution >= 4 is 34.1 Å². The number of carbonyl (C=O) groups excluding carboxylic acids is 1. The lowest BCUT2D eigenvalue weighted by molar-refractivity contribution is -0.110. The number of carbonyl (C=O) groups is 1. The molecule has 2 aromatic carbocycles. The van der Waals surface area contributed by atoms with Gasteiger partial charge in [0.2, 0.25) is 0 Å². The van der Waals surface area contributed by atoms with Crippen LogP contribution in [0.2, 0.25) is 0 Å². The van der Waals surface area contributed by atoms with E-state index in [4.69, 9.17) is 4.74 Å². The van der Waals surface area contributed by atoms with Crippen LogP contribution in [0.3, 0.4) is 0 Å². The zero-order chi connectivity index (χ0) is 21.2. The number of nitrogens with one attached hydrogen (secondary N) is 2. The van der Waals surface area contributed by atoms with Gasteiger partial charge in [0.05, 0.1) is 5.57 Å². The van der Waals surface area contributed by atoms with Crippen LogP contribution in [0, 0.1) is 0 Å². The van der Waals surface area contributed by atoms with E-state index >= 15 is 0 Å². The number of anilines is 1. The number of aliphatic hydroxyl groups is 1. The second-order valence-corrected chi connectivity index (χ2v) is 8.20. The Hall–Kier alpha value is -3.09. The van der Waals surface area contributed by atoms with Gasteiger partial charge < -0.3 is 20.1 Å². The van der Waals surface area contributed by atoms with Crippen LogP contribution in [-0.2, 0) is 11.2 Å². The lowest BCUT2D eigenvalue weighted by Crippen LogP contribution is -2.25. The Morgan fingerprint density at radius 1 is 1.13 bits per heavy atom. The number of aromatic nitrogens is 1. The molecule has 1 aromatic heterocycles. The first-order chi connectivity index (χ1) is 15.2. The third kappa shape index (κ3) is 4.09. The van der Waals surface area contributed by atoms with Crippen LogP contribution in [-0.4, -0.2) is 53.7 Å². The fourth-order valence-electron chi connectivity index (χ4n) is 4.55. The van der Waals surface area contributed by atoms with Crippen molar-refractivity contribution in [1.29, 1.82) is 0 Å². The van der Waals surface area contributed by atoms with Gasteiger partial charge in [-0.15, -0.1) is 0 Å². The predicted octanol–water partition coefficient (Wildman–Crippen LogP) is 3.67. The average molecular weight is 418 g/mol. The van der Waals surface area contributed by atoms with Crippen LogP contribution in [0.5, 0.6) is 5.75 Å². The monoisotopic (exact) mass is 417 g/mol. The van der Waals surface area contributed by atoms with Crippen molar-refractivity contribution in [2.45, 2.75) is 19.3 Å². The maximum Gasteiger partial charge on any atom is 0.256 e. The van der Waals surface area contributed by atoms with Crippen LogP contribution in [0.4, 0.5) is 5.69 Å². The highest BCUT2D eigenvalue weighted by atomic mass is 16.5. The molecule has 0 bridgehead atoms. The van der Waals surface area contributed by atoms with E-state index in [2.05, 4.69) is 15.2 Å². The molecule has 1 saturated heterocycles. The molecule has 0 spiro atoms. The first kappa shape index (κ1) is 19.8. The Labute approximate surface area is 181 Å². The molecule has 5 rings (SSSR count). The summed E-state index contributed by atoms with van der Waals surface area (Å²) in [6.07, 6.45) is 4.98. The van der Waals surface area contributed by atoms with E-state index in [0.717, 1.165) is 45.7 Å². The largest absolute Gasteiger partial charge is 0.492 e. The van der Waals surface area contributed by atoms with Crippen LogP contribution in [0.1, 0.15) is 29.7 Å². The standard InChI is InChI=1S/C25H27N3O3/c29-12-8-17-4-3-5-23-24(17)21(25(30)27-23)16-19-14-18-15-20(6-7-22(18)26-19)31-13-11-28-9-1-2-10-28/h3-7,14-16,26,29H,1-2,8-13H2,(H,27,30)/b21-16-. The minimum atomic E-state index is -0.120. The van der Waals surface area contributed by atoms with Gasteiger partial charge >= 0.3 is 0 Å². The molecule has 0 aliphatic carbocycles. The summed E-state index contributed by atoms with van der Waals surface area (Å²) < 4.78 is 5.97. The van der Waals surface area contributed by atoms with Gasteiger partial charge in [-0.2, -0.15) is 0 Å². The first-order valence-corrected chi connectivity index (χ1v) is 11.0. The molecule has 0 unspecified atom stereocenters. The molecule has 31 heavy (non-hydrogen) atoms. The van der Waals surface area contributed by atoms with E-state index in [1.54, 1.807) is 0 Å². The zero-order valence-electron chi connectivity index (χ0n) is 17.5. The summed E-state index contributed by atoms with van der Waals surface area (Å²) in [7, 11) is 0. The SMILES string of the molecule is O=C1Nc2cccc(CCO)c2/C1=C/c1cc2cc(OCCN3CCCC3)ccc2[nH]1. The number of nitrogens with zero attached hydrogens (tertiary/aromatic N) is 1. The van der Waals surface area contributed by atoms with Crippen LogP contribution in [0.15, 0.2) is 42.5 Å². The normalized spacial score (nSPS) is 17.5. The molecule has 2 aliphatic heterocycles. The Balaban J connectivity index is 1.37. The van der Waals surface area contributed by atoms with Crippen molar-refractivity contribution in [3.8, 4) is 5.75 Å². The smallest absolute Gasteiger partial charge is 0.256 e. The summed E-state index contributed by atoms with van der Waals surface area (Å²) in [5.41, 5.74) is 5.13. The highest BCUT2D eigenvalue weighted by Crippen LogP contribution is 2.36. The van der Waals surface area contributed by atoms with Crippen molar-refractivity contribution in [2.75, 3.05) is 38.2 Å². The third-order valence-corrected chi connectivity index (χ3v) is 6.08. The number of hydrogen-bond donors (Lipinski definition) is 3. The topological polar surface area (TPSA) is 77.6 Å². The van der Waals surface area contributed by atoms with Gasteiger partial charge in [-0.3, -0.25) is 9.69 Å². The van der Waals surface area contributed by atoms with Gasteiger partial charge in [0, 0.05) is 41.0 Å². The summed E-state index contributed by atoms with van der Waals surface area (Å²) >= 11 is 0. The van der Waals surface area contributed by atoms with Crippen LogP contribution in [0.25, 0.3) is 22.6 Å². The van der Waals surface area contributed by atoms with E-state index < -0.39 is 0 Å². The average Bonchev–Trinajstić information content (AvgIpc) is 3.48. The maximum absolute atomic E-state index is 12.6. The Morgan fingerprint density at radius 2 is 2.00 bits per heavy atom. The molecule has 2 aliphatic rings. The number of likely N-dealkylation sites (tertiary alicyclic amines) is 1. The van der Waals surface area contributed by atoms with Crippen molar-refractivity contribution in [1.82, 2.24) is 9.88 Å². The number of aliphatic hydroxyl groups excluding tert-OH is 1. The summed E-state index contributed by atoms with van der Waals surface area (Å²) in [5, 5.41) is 13.4. The van der Waals surface area contributed by atoms with Crippen molar-refractivity contribution < 1.29 is 14.6 Å². The molecule has 1 amide bonds. The van der Waals surface area contributed by atoms with Gasteiger partial charge in [-0.25, -0.2) is 0 Å². The van der Waals surface area contributed by atoms with E-state index in [0.29, 0.717) is 18.6 Å². The molecule has 0 atom stereocenters. The lowest BCUT2D eigenvalue weighted by Gasteiger charge is -2.14. The number of aromatic amines is 1. The van der Waals surface area contributed by atoms with E-state index in [-0.39, 0.29) is 12.5 Å². The molecule has 3 N–H and O–H groups in total. The minimum absolute atomic E-state index is 0.0465. The fraction of sp³-hybridized carbons (Fsp3) is 0.320. The molecule has 6 nitrogen and oxygen atoms in total. The van der Waals surface area contributed by atoms with Crippen LogP contribution >= 0.6 is 0 Å². The zero-order valence-corrected chi connectivity index (χ0v) is 17.5. The quantitative estimate of drug-likeness (QED) is 0.513. The van der Waals surface area contributed by atoms with Gasteiger partial charge in [-0.05, 0) is 74.3 Å². The second kappa shape index (κ2) is 8.57. The Morgan fingerprint density at radius 3 is 2.84 bits per heavy atom. The van der Waals surface area contributed by atoms with Gasteiger partial charge in [-0.1, -0.05) is 12.1 Å². The van der Waals surface area contributed by atoms with E-state index in [1.165, 1.54) is 25.9 Å². The number of benzene rings is 2. The molecular weight excluding hydrogens is 390 g/mol. The molecular formula is C25H27N3O3. The number of H-pyrrole nitrogens is 1. The lowest BCUT2D eigenvalue weighted by atomic mass is 9.98. The summed E-state index contributed by atoms with van der Waals surface area (Å²) in [4.78, 5) is 18.4. The number of amides is 1. The summed E-state index contributed by atoms with van der Waals surface area (Å²) in [6.45, 7) is 4.05. The number of ether oxygens (including phenoxy) is 1. The number of rotatable bonds is 7. The van der Waals surface area contributed by atoms with Crippen molar-refractivity contribution in [2.24, 2.45) is 0 Å². The molecule has 3 heterocycles. The maximum atomic E-state index is 12.6. The molecule has 6 heteroatoms. The van der Waals surface area contributed by atoms with E-state index in [9.17, 15) is 9.90 Å². The van der Waals surface area contributed by atoms with Crippen molar-refractivity contribution in [3.05, 3.63) is 59.3 Å². The highest BCUT2D eigenvalue weighted by molar-refractivity contribution is 6.35.